The second-order valence-corrected chi connectivity index (χ2v) is 4.13. The summed E-state index contributed by atoms with van der Waals surface area (Å²) in [6, 6.07) is 5.47. The number of hydrogen-bond donors (Lipinski definition) is 2. The van der Waals surface area contributed by atoms with Gasteiger partial charge in [-0.1, -0.05) is 35.3 Å². The van der Waals surface area contributed by atoms with E-state index in [1.807, 2.05) is 19.1 Å². The fourth-order valence-electron chi connectivity index (χ4n) is 1.46. The molecule has 0 aliphatic carbocycles. The highest BCUT2D eigenvalue weighted by Gasteiger charge is 2.14. The summed E-state index contributed by atoms with van der Waals surface area (Å²) in [5, 5.41) is 1.08. The molecule has 1 aromatic carbocycles. The number of hydrogen-bond acceptors (Lipinski definition) is 3. The van der Waals surface area contributed by atoms with Crippen LogP contribution >= 0.6 is 23.2 Å². The van der Waals surface area contributed by atoms with Crippen molar-refractivity contribution in [1.29, 1.82) is 0 Å². The lowest BCUT2D eigenvalue weighted by molar-refractivity contribution is 0.136. The Hall–Kier alpha value is -0.320. The van der Waals surface area contributed by atoms with E-state index >= 15 is 0 Å². The lowest BCUT2D eigenvalue weighted by atomic mass is 10.0. The van der Waals surface area contributed by atoms with E-state index in [2.05, 4.69) is 5.43 Å². The number of hydrazine groups is 1. The molecule has 1 rings (SSSR count). The van der Waals surface area contributed by atoms with Crippen LogP contribution in [0.3, 0.4) is 0 Å². The number of halogens is 2. The summed E-state index contributed by atoms with van der Waals surface area (Å²) in [5.74, 6) is 5.50. The summed E-state index contributed by atoms with van der Waals surface area (Å²) in [4.78, 5) is 0. The maximum atomic E-state index is 6.11. The first-order chi connectivity index (χ1) is 7.70. The Kier molecular flexibility index (Phi) is 6.09. The summed E-state index contributed by atoms with van der Waals surface area (Å²) in [6.45, 7) is 3.28. The van der Waals surface area contributed by atoms with Crippen molar-refractivity contribution < 1.29 is 4.74 Å². The zero-order chi connectivity index (χ0) is 12.0. The smallest absolute Gasteiger partial charge is 0.0640 e. The topological polar surface area (TPSA) is 47.3 Å². The van der Waals surface area contributed by atoms with E-state index in [1.54, 1.807) is 6.07 Å². The molecule has 0 spiro atoms. The zero-order valence-corrected chi connectivity index (χ0v) is 10.7. The molecule has 0 saturated heterocycles. The van der Waals surface area contributed by atoms with Crippen LogP contribution in [0.5, 0.6) is 0 Å². The summed E-state index contributed by atoms with van der Waals surface area (Å²) in [7, 11) is 0. The van der Waals surface area contributed by atoms with Crippen LogP contribution in [0.4, 0.5) is 0 Å². The van der Waals surface area contributed by atoms with Crippen molar-refractivity contribution in [3.8, 4) is 0 Å². The number of ether oxygens (including phenoxy) is 1. The molecule has 0 heterocycles. The molecule has 1 atom stereocenters. The Morgan fingerprint density at radius 3 is 2.81 bits per heavy atom. The Morgan fingerprint density at radius 1 is 1.44 bits per heavy atom. The quantitative estimate of drug-likeness (QED) is 0.471. The molecular weight excluding hydrogens is 247 g/mol. The molecule has 0 amide bonds. The molecule has 1 unspecified atom stereocenters. The molecule has 0 bridgehead atoms. The summed E-state index contributed by atoms with van der Waals surface area (Å²) >= 11 is 12.1. The van der Waals surface area contributed by atoms with Crippen LogP contribution in [0.2, 0.25) is 10.0 Å². The first-order valence-corrected chi connectivity index (χ1v) is 5.94. The third kappa shape index (κ3) is 3.61. The Morgan fingerprint density at radius 2 is 2.19 bits per heavy atom. The van der Waals surface area contributed by atoms with Crippen molar-refractivity contribution in [2.24, 2.45) is 5.84 Å². The highest BCUT2D eigenvalue weighted by Crippen LogP contribution is 2.30. The molecule has 5 heteroatoms. The molecule has 3 N–H and O–H groups in total. The zero-order valence-electron chi connectivity index (χ0n) is 9.17. The van der Waals surface area contributed by atoms with Gasteiger partial charge in [0.05, 0.1) is 10.0 Å². The van der Waals surface area contributed by atoms with Gasteiger partial charge in [0.2, 0.25) is 0 Å². The van der Waals surface area contributed by atoms with Gasteiger partial charge in [-0.2, -0.15) is 0 Å². The second-order valence-electron chi connectivity index (χ2n) is 3.35. The highest BCUT2D eigenvalue weighted by atomic mass is 35.5. The van der Waals surface area contributed by atoms with Crippen molar-refractivity contribution in [2.75, 3.05) is 13.2 Å². The summed E-state index contributed by atoms with van der Waals surface area (Å²) in [6.07, 6.45) is 0.754. The monoisotopic (exact) mass is 262 g/mol. The van der Waals surface area contributed by atoms with Crippen molar-refractivity contribution in [2.45, 2.75) is 19.4 Å². The van der Waals surface area contributed by atoms with Gasteiger partial charge < -0.3 is 4.74 Å². The molecule has 90 valence electrons. The third-order valence-electron chi connectivity index (χ3n) is 2.31. The minimum Gasteiger partial charge on any atom is -0.382 e. The number of rotatable bonds is 6. The fourth-order valence-corrected chi connectivity index (χ4v) is 1.90. The molecule has 0 radical (unpaired) electrons. The van der Waals surface area contributed by atoms with E-state index in [0.29, 0.717) is 23.3 Å². The summed E-state index contributed by atoms with van der Waals surface area (Å²) in [5.41, 5.74) is 3.62. The SMILES string of the molecule is CCOCCC(NN)c1cccc(Cl)c1Cl. The van der Waals surface area contributed by atoms with Crippen LogP contribution in [-0.4, -0.2) is 13.2 Å². The van der Waals surface area contributed by atoms with Crippen molar-refractivity contribution in [3.05, 3.63) is 33.8 Å². The molecule has 3 nitrogen and oxygen atoms in total. The van der Waals surface area contributed by atoms with E-state index in [1.165, 1.54) is 0 Å². The van der Waals surface area contributed by atoms with Gasteiger partial charge >= 0.3 is 0 Å². The van der Waals surface area contributed by atoms with Gasteiger partial charge in [-0.3, -0.25) is 11.3 Å². The molecule has 0 saturated carbocycles. The Balaban J connectivity index is 2.74. The molecule has 0 aromatic heterocycles. The van der Waals surface area contributed by atoms with Gasteiger partial charge in [-0.05, 0) is 25.0 Å². The van der Waals surface area contributed by atoms with E-state index < -0.39 is 0 Å². The van der Waals surface area contributed by atoms with Gasteiger partial charge in [0.15, 0.2) is 0 Å². The molecule has 0 fully saturated rings. The maximum absolute atomic E-state index is 6.11. The van der Waals surface area contributed by atoms with E-state index in [4.69, 9.17) is 33.8 Å². The minimum absolute atomic E-state index is 0.0438. The predicted octanol–water partition coefficient (Wildman–Crippen LogP) is 2.92. The average molecular weight is 263 g/mol. The van der Waals surface area contributed by atoms with Crippen LogP contribution in [0, 0.1) is 0 Å². The predicted molar refractivity (Wildman–Crippen MR) is 67.6 cm³/mol. The molecule has 0 aliphatic rings. The molecule has 0 aliphatic heterocycles. The molecule has 1 aromatic rings. The van der Waals surface area contributed by atoms with Crippen molar-refractivity contribution in [3.63, 3.8) is 0 Å². The number of nitrogens with two attached hydrogens (primary N) is 1. The van der Waals surface area contributed by atoms with Gasteiger partial charge in [0.1, 0.15) is 0 Å². The van der Waals surface area contributed by atoms with Crippen LogP contribution in [-0.2, 0) is 4.74 Å². The van der Waals surface area contributed by atoms with Crippen LogP contribution in [0.15, 0.2) is 18.2 Å². The van der Waals surface area contributed by atoms with Gasteiger partial charge in [0.25, 0.3) is 0 Å². The van der Waals surface area contributed by atoms with Crippen LogP contribution < -0.4 is 11.3 Å². The van der Waals surface area contributed by atoms with E-state index in [9.17, 15) is 0 Å². The Bertz CT molecular complexity index is 334. The summed E-state index contributed by atoms with van der Waals surface area (Å²) < 4.78 is 5.29. The van der Waals surface area contributed by atoms with E-state index in [-0.39, 0.29) is 6.04 Å². The van der Waals surface area contributed by atoms with Gasteiger partial charge in [-0.15, -0.1) is 0 Å². The van der Waals surface area contributed by atoms with Gasteiger partial charge in [-0.25, -0.2) is 0 Å². The third-order valence-corrected chi connectivity index (χ3v) is 3.15. The normalized spacial score (nSPS) is 12.8. The van der Waals surface area contributed by atoms with Crippen LogP contribution in [0.1, 0.15) is 24.9 Å². The standard InChI is InChI=1S/C11H16Cl2N2O/c1-2-16-7-6-10(15-14)8-4-3-5-9(12)11(8)13/h3-5,10,15H,2,6-7,14H2,1H3. The van der Waals surface area contributed by atoms with Gasteiger partial charge in [0, 0.05) is 19.3 Å². The first kappa shape index (κ1) is 13.7. The lowest BCUT2D eigenvalue weighted by Crippen LogP contribution is -2.29. The number of benzene rings is 1. The highest BCUT2D eigenvalue weighted by molar-refractivity contribution is 6.42. The second kappa shape index (κ2) is 7.09. The van der Waals surface area contributed by atoms with Crippen LogP contribution in [0.25, 0.3) is 0 Å². The first-order valence-electron chi connectivity index (χ1n) is 5.18. The van der Waals surface area contributed by atoms with E-state index in [0.717, 1.165) is 12.0 Å². The van der Waals surface area contributed by atoms with Crippen molar-refractivity contribution in [1.82, 2.24) is 5.43 Å². The minimum atomic E-state index is -0.0438. The lowest BCUT2D eigenvalue weighted by Gasteiger charge is -2.18. The molecular formula is C11H16Cl2N2O. The maximum Gasteiger partial charge on any atom is 0.0640 e. The fraction of sp³-hybridized carbons (Fsp3) is 0.455. The average Bonchev–Trinajstić information content (AvgIpc) is 2.29. The largest absolute Gasteiger partial charge is 0.382 e. The Labute approximate surface area is 106 Å². The molecule has 16 heavy (non-hydrogen) atoms. The number of nitrogens with one attached hydrogen (secondary N) is 1. The van der Waals surface area contributed by atoms with Crippen molar-refractivity contribution >= 4 is 23.2 Å².